The molecule has 176 valence electrons. The Labute approximate surface area is 206 Å². The SMILES string of the molecule is COc1ccc(Cc2nc3cc4c(C)c(C(C)=O)c(=O)oc4cc3n2Cc2cccc(Cl)c2)cc1. The van der Waals surface area contributed by atoms with Crippen LogP contribution in [0.5, 0.6) is 5.75 Å². The number of halogens is 1. The fourth-order valence-corrected chi connectivity index (χ4v) is 4.69. The largest absolute Gasteiger partial charge is 0.497 e. The lowest BCUT2D eigenvalue weighted by molar-refractivity contribution is 0.101. The maximum Gasteiger partial charge on any atom is 0.347 e. The molecule has 0 aliphatic heterocycles. The molecule has 0 N–H and O–H groups in total. The second-order valence-corrected chi connectivity index (χ2v) is 8.99. The van der Waals surface area contributed by atoms with Crippen molar-refractivity contribution in [3.05, 3.63) is 104 Å². The fourth-order valence-electron chi connectivity index (χ4n) is 4.48. The van der Waals surface area contributed by atoms with Gasteiger partial charge in [-0.05, 0) is 60.9 Å². The van der Waals surface area contributed by atoms with Crippen molar-refractivity contribution in [1.82, 2.24) is 9.55 Å². The van der Waals surface area contributed by atoms with Gasteiger partial charge < -0.3 is 13.7 Å². The van der Waals surface area contributed by atoms with Crippen molar-refractivity contribution in [2.75, 3.05) is 7.11 Å². The summed E-state index contributed by atoms with van der Waals surface area (Å²) in [4.78, 5) is 29.5. The van der Waals surface area contributed by atoms with Crippen LogP contribution < -0.4 is 10.4 Å². The standard InChI is InChI=1S/C28H23ClN2O4/c1-16-22-13-23-24(14-25(22)35-28(33)27(16)17(2)32)31(15-19-5-4-6-20(29)11-19)26(30-23)12-18-7-9-21(34-3)10-8-18/h4-11,13-14H,12,15H2,1-3H3. The number of aryl methyl sites for hydroxylation is 1. The number of nitrogens with zero attached hydrogens (tertiary/aromatic N) is 2. The van der Waals surface area contributed by atoms with Gasteiger partial charge in [0.1, 0.15) is 22.7 Å². The van der Waals surface area contributed by atoms with Gasteiger partial charge >= 0.3 is 5.63 Å². The van der Waals surface area contributed by atoms with Crippen LogP contribution in [0.3, 0.4) is 0 Å². The van der Waals surface area contributed by atoms with Crippen molar-refractivity contribution >= 4 is 39.4 Å². The average molecular weight is 487 g/mol. The van der Waals surface area contributed by atoms with Crippen LogP contribution in [0.25, 0.3) is 22.0 Å². The van der Waals surface area contributed by atoms with Crippen molar-refractivity contribution in [3.8, 4) is 5.75 Å². The number of imidazole rings is 1. The smallest absolute Gasteiger partial charge is 0.347 e. The van der Waals surface area contributed by atoms with Gasteiger partial charge in [-0.25, -0.2) is 9.78 Å². The number of rotatable bonds is 6. The van der Waals surface area contributed by atoms with Crippen LogP contribution in [-0.2, 0) is 13.0 Å². The Morgan fingerprint density at radius 1 is 1.09 bits per heavy atom. The van der Waals surface area contributed by atoms with E-state index in [2.05, 4.69) is 4.57 Å². The van der Waals surface area contributed by atoms with E-state index in [1.807, 2.05) is 60.7 Å². The normalized spacial score (nSPS) is 11.3. The van der Waals surface area contributed by atoms with Crippen LogP contribution in [0.15, 0.2) is 69.9 Å². The van der Waals surface area contributed by atoms with Crippen LogP contribution in [0, 0.1) is 6.92 Å². The van der Waals surface area contributed by atoms with Crippen LogP contribution in [-0.4, -0.2) is 22.4 Å². The first kappa shape index (κ1) is 22.9. The third kappa shape index (κ3) is 4.33. The Hall–Kier alpha value is -3.90. The Kier molecular flexibility index (Phi) is 5.91. The summed E-state index contributed by atoms with van der Waals surface area (Å²) < 4.78 is 13.0. The number of ether oxygens (including phenoxy) is 1. The third-order valence-corrected chi connectivity index (χ3v) is 6.45. The molecule has 0 saturated carbocycles. The van der Waals surface area contributed by atoms with Gasteiger partial charge in [-0.15, -0.1) is 0 Å². The van der Waals surface area contributed by atoms with Gasteiger partial charge in [0.15, 0.2) is 5.78 Å². The maximum absolute atomic E-state index is 12.5. The first-order valence-corrected chi connectivity index (χ1v) is 11.6. The number of fused-ring (bicyclic) bond motifs is 2. The zero-order valence-corrected chi connectivity index (χ0v) is 20.3. The monoisotopic (exact) mass is 486 g/mol. The highest BCUT2D eigenvalue weighted by atomic mass is 35.5. The number of Topliss-reactive ketones (excluding diaryl/α,β-unsaturated/α-hetero) is 1. The molecule has 0 amide bonds. The fraction of sp³-hybridized carbons (Fsp3) is 0.179. The molecule has 6 nitrogen and oxygen atoms in total. The Balaban J connectivity index is 1.71. The van der Waals surface area contributed by atoms with Gasteiger partial charge in [-0.2, -0.15) is 0 Å². The van der Waals surface area contributed by atoms with E-state index >= 15 is 0 Å². The predicted octanol–water partition coefficient (Wildman–Crippen LogP) is 5.95. The molecule has 3 aromatic carbocycles. The molecule has 2 heterocycles. The van der Waals surface area contributed by atoms with E-state index in [4.69, 9.17) is 25.7 Å². The Bertz CT molecular complexity index is 1650. The van der Waals surface area contributed by atoms with E-state index < -0.39 is 5.63 Å². The highest BCUT2D eigenvalue weighted by Gasteiger charge is 2.19. The highest BCUT2D eigenvalue weighted by molar-refractivity contribution is 6.30. The van der Waals surface area contributed by atoms with Gasteiger partial charge in [0.05, 0.1) is 18.1 Å². The summed E-state index contributed by atoms with van der Waals surface area (Å²) >= 11 is 6.24. The number of ketones is 1. The zero-order valence-electron chi connectivity index (χ0n) is 19.6. The topological polar surface area (TPSA) is 74.3 Å². The minimum atomic E-state index is -0.624. The summed E-state index contributed by atoms with van der Waals surface area (Å²) in [5.74, 6) is 1.33. The molecule has 0 unspecified atom stereocenters. The number of hydrogen-bond acceptors (Lipinski definition) is 5. The summed E-state index contributed by atoms with van der Waals surface area (Å²) in [6.45, 7) is 3.68. The Morgan fingerprint density at radius 2 is 1.86 bits per heavy atom. The maximum atomic E-state index is 12.5. The number of benzene rings is 3. The quantitative estimate of drug-likeness (QED) is 0.219. The number of carbonyl (C=O) groups excluding carboxylic acids is 1. The first-order chi connectivity index (χ1) is 16.8. The molecule has 35 heavy (non-hydrogen) atoms. The summed E-state index contributed by atoms with van der Waals surface area (Å²) in [6, 6.07) is 19.3. The summed E-state index contributed by atoms with van der Waals surface area (Å²) in [5, 5.41) is 1.36. The van der Waals surface area contributed by atoms with Crippen LogP contribution >= 0.6 is 11.6 Å². The molecular weight excluding hydrogens is 464 g/mol. The van der Waals surface area contributed by atoms with Crippen LogP contribution in [0.2, 0.25) is 5.02 Å². The van der Waals surface area contributed by atoms with E-state index in [1.54, 1.807) is 14.0 Å². The average Bonchev–Trinajstić information content (AvgIpc) is 3.14. The van der Waals surface area contributed by atoms with E-state index in [0.29, 0.717) is 34.5 Å². The number of aromatic nitrogens is 2. The molecule has 5 aromatic rings. The molecule has 0 spiro atoms. The molecule has 7 heteroatoms. The molecule has 0 aliphatic carbocycles. The van der Waals surface area contributed by atoms with Crippen LogP contribution in [0.1, 0.15) is 39.8 Å². The molecule has 0 bridgehead atoms. The second-order valence-electron chi connectivity index (χ2n) is 8.55. The van der Waals surface area contributed by atoms with Crippen LogP contribution in [0.4, 0.5) is 0 Å². The van der Waals surface area contributed by atoms with Crippen molar-refractivity contribution in [3.63, 3.8) is 0 Å². The van der Waals surface area contributed by atoms with Gasteiger partial charge in [0, 0.05) is 29.4 Å². The summed E-state index contributed by atoms with van der Waals surface area (Å²) in [7, 11) is 1.64. The molecule has 5 rings (SSSR count). The minimum absolute atomic E-state index is 0.0775. The van der Waals surface area contributed by atoms with Crippen molar-refractivity contribution in [1.29, 1.82) is 0 Å². The minimum Gasteiger partial charge on any atom is -0.497 e. The van der Waals surface area contributed by atoms with E-state index in [1.165, 1.54) is 6.92 Å². The summed E-state index contributed by atoms with van der Waals surface area (Å²) in [6.07, 6.45) is 0.594. The van der Waals surface area contributed by atoms with E-state index in [0.717, 1.165) is 33.7 Å². The second kappa shape index (κ2) is 9.04. The lowest BCUT2D eigenvalue weighted by Crippen LogP contribution is -2.14. The van der Waals surface area contributed by atoms with Gasteiger partial charge in [-0.1, -0.05) is 35.9 Å². The molecule has 0 radical (unpaired) electrons. The Morgan fingerprint density at radius 3 is 2.54 bits per heavy atom. The molecule has 0 atom stereocenters. The van der Waals surface area contributed by atoms with E-state index in [9.17, 15) is 9.59 Å². The molecule has 0 aliphatic rings. The van der Waals surface area contributed by atoms with Crippen molar-refractivity contribution in [2.24, 2.45) is 0 Å². The van der Waals surface area contributed by atoms with Gasteiger partial charge in [0.2, 0.25) is 0 Å². The lowest BCUT2D eigenvalue weighted by Gasteiger charge is -2.11. The van der Waals surface area contributed by atoms with Crippen molar-refractivity contribution < 1.29 is 13.9 Å². The number of methoxy groups -OCH3 is 1. The molecule has 2 aromatic heterocycles. The molecule has 0 fully saturated rings. The van der Waals surface area contributed by atoms with Gasteiger partial charge in [0.25, 0.3) is 0 Å². The molecular formula is C28H23ClN2O4. The molecule has 0 saturated heterocycles. The zero-order chi connectivity index (χ0) is 24.7. The van der Waals surface area contributed by atoms with E-state index in [-0.39, 0.29) is 11.3 Å². The third-order valence-electron chi connectivity index (χ3n) is 6.22. The highest BCUT2D eigenvalue weighted by Crippen LogP contribution is 2.28. The lowest BCUT2D eigenvalue weighted by atomic mass is 10.0. The number of hydrogen-bond donors (Lipinski definition) is 0. The summed E-state index contributed by atoms with van der Waals surface area (Å²) in [5.41, 5.74) is 4.18. The van der Waals surface area contributed by atoms with Crippen molar-refractivity contribution in [2.45, 2.75) is 26.8 Å². The first-order valence-electron chi connectivity index (χ1n) is 11.2. The van der Waals surface area contributed by atoms with Gasteiger partial charge in [-0.3, -0.25) is 4.79 Å². The predicted molar refractivity (Wildman–Crippen MR) is 137 cm³/mol. The number of carbonyl (C=O) groups is 1.